The first kappa shape index (κ1) is 31.6. The van der Waals surface area contributed by atoms with Crippen LogP contribution in [0.25, 0.3) is 22.2 Å². The molecule has 0 unspecified atom stereocenters. The van der Waals surface area contributed by atoms with Crippen LogP contribution in [0.15, 0.2) is 6.07 Å². The van der Waals surface area contributed by atoms with Gasteiger partial charge in [-0.25, -0.2) is 14.2 Å². The number of nitrogen functional groups attached to an aromatic ring is 1. The van der Waals surface area contributed by atoms with Crippen LogP contribution in [0.3, 0.4) is 0 Å². The van der Waals surface area contributed by atoms with Crippen molar-refractivity contribution in [3.8, 4) is 23.1 Å². The number of aromatic nitrogens is 3. The Kier molecular flexibility index (Phi) is 8.02. The Morgan fingerprint density at radius 1 is 1.23 bits per heavy atom. The van der Waals surface area contributed by atoms with E-state index in [0.29, 0.717) is 66.2 Å². The zero-order chi connectivity index (χ0) is 33.1. The van der Waals surface area contributed by atoms with Crippen molar-refractivity contribution in [2.24, 2.45) is 5.41 Å². The molecule has 1 aromatic carbocycles. The number of amides is 1. The van der Waals surface area contributed by atoms with Crippen LogP contribution >= 0.6 is 11.6 Å². The number of likely N-dealkylation sites (tertiary alicyclic amines) is 1. The number of fused-ring (bicyclic) bond motifs is 2. The zero-order valence-electron chi connectivity index (χ0n) is 27.0. The molecular weight excluding hydrogens is 627 g/mol. The number of benzene rings is 1. The number of methoxy groups -OCH3 is 1. The predicted molar refractivity (Wildman–Crippen MR) is 177 cm³/mol. The molecule has 1 spiro atoms. The van der Waals surface area contributed by atoms with Gasteiger partial charge in [-0.1, -0.05) is 18.0 Å². The summed E-state index contributed by atoms with van der Waals surface area (Å²) in [5.41, 5.74) is 7.01. The summed E-state index contributed by atoms with van der Waals surface area (Å²) >= 11 is 6.52. The molecule has 47 heavy (non-hydrogen) atoms. The van der Waals surface area contributed by atoms with Crippen LogP contribution in [0, 0.1) is 18.2 Å². The molecule has 12 nitrogen and oxygen atoms in total. The van der Waals surface area contributed by atoms with Gasteiger partial charge in [-0.3, -0.25) is 5.41 Å². The number of hydrogen-bond donors (Lipinski definition) is 3. The average Bonchev–Trinajstić information content (AvgIpc) is 3.66. The lowest BCUT2D eigenvalue weighted by atomic mass is 9.76. The van der Waals surface area contributed by atoms with E-state index in [1.165, 1.54) is 13.3 Å². The minimum absolute atomic E-state index is 0.0184. The maximum atomic E-state index is 17.1. The fourth-order valence-electron chi connectivity index (χ4n) is 8.38. The quantitative estimate of drug-likeness (QED) is 0.253. The number of ether oxygens (including phenoxy) is 3. The maximum Gasteiger partial charge on any atom is 0.407 e. The highest BCUT2D eigenvalue weighted by Crippen LogP contribution is 2.48. The third kappa shape index (κ3) is 5.27. The Balaban J connectivity index is 1.40. The molecule has 4 aliphatic rings. The predicted octanol–water partition coefficient (Wildman–Crippen LogP) is 3.28. The molecule has 2 aromatic heterocycles. The fourth-order valence-corrected chi connectivity index (χ4v) is 8.59. The molecular formula is C33H41ClFN8O4+. The first-order valence-electron chi connectivity index (χ1n) is 16.2. The van der Waals surface area contributed by atoms with Crippen molar-refractivity contribution in [1.82, 2.24) is 25.2 Å². The van der Waals surface area contributed by atoms with E-state index in [2.05, 4.69) is 22.2 Å². The van der Waals surface area contributed by atoms with Gasteiger partial charge in [0, 0.05) is 34.3 Å². The number of carbonyl (C=O) groups is 1. The standard InChI is InChI=1S/C33H40ClFN8O4/c1-18-20(34)13-21(37)19(14-36)23(18)26-25(35)27-24(29(39-26)45-3)28(43-12-6-10-33(16-43)15-38-31(44)47-33)41-30(40-27)46-17-32-8-4-7-22(32)42(2)11-5-9-32/h13-14,22,36H,4-12,15-17,37H2,1-3H3,(H,38,44)/p+1/t22-,32-,33+/m1/s1. The van der Waals surface area contributed by atoms with Gasteiger partial charge in [-0.2, -0.15) is 9.97 Å². The molecule has 0 bridgehead atoms. The number of hydrogen-bond acceptors (Lipinski definition) is 10. The molecule has 3 atom stereocenters. The van der Waals surface area contributed by atoms with Crippen LogP contribution in [0.5, 0.6) is 11.9 Å². The van der Waals surface area contributed by atoms with Gasteiger partial charge in [0.25, 0.3) is 0 Å². The van der Waals surface area contributed by atoms with Gasteiger partial charge in [0.05, 0.1) is 32.4 Å². The molecule has 3 aliphatic heterocycles. The summed E-state index contributed by atoms with van der Waals surface area (Å²) < 4.78 is 35.1. The minimum atomic E-state index is -0.739. The van der Waals surface area contributed by atoms with E-state index in [-0.39, 0.29) is 39.6 Å². The second-order valence-corrected chi connectivity index (χ2v) is 13.9. The summed E-state index contributed by atoms with van der Waals surface area (Å²) in [5.74, 6) is -0.198. The van der Waals surface area contributed by atoms with E-state index >= 15 is 4.39 Å². The van der Waals surface area contributed by atoms with Gasteiger partial charge in [0.2, 0.25) is 5.88 Å². The third-order valence-electron chi connectivity index (χ3n) is 10.7. The lowest BCUT2D eigenvalue weighted by Gasteiger charge is -2.44. The number of piperidine rings is 2. The van der Waals surface area contributed by atoms with Gasteiger partial charge in [-0.05, 0) is 70.7 Å². The molecule has 1 aliphatic carbocycles. The number of rotatable bonds is 7. The lowest BCUT2D eigenvalue weighted by molar-refractivity contribution is -0.104. The zero-order valence-corrected chi connectivity index (χ0v) is 27.8. The Morgan fingerprint density at radius 2 is 2.02 bits per heavy atom. The van der Waals surface area contributed by atoms with Crippen LogP contribution < -0.4 is 30.8 Å². The van der Waals surface area contributed by atoms with Crippen molar-refractivity contribution in [3.05, 3.63) is 28.0 Å². The molecule has 5 heterocycles. The molecule has 0 radical (unpaired) electrons. The van der Waals surface area contributed by atoms with Crippen molar-refractivity contribution < 1.29 is 28.8 Å². The van der Waals surface area contributed by atoms with Gasteiger partial charge in [0.15, 0.2) is 12.0 Å². The van der Waals surface area contributed by atoms with Crippen LogP contribution in [0.1, 0.15) is 56.1 Å². The molecule has 3 saturated heterocycles. The molecule has 5 N–H and O–H groups in total. The molecule has 3 aromatic rings. The SMILES string of the molecule is COc1nc(-c2c(C)c(Cl)cc(N)c2C=[NH2+])c(F)c2nc(OC[C@]34CCC[C@H]3N(C)CCC4)nc(N3CCC[C@]4(CNC(=O)O4)C3)c12. The molecule has 14 heteroatoms. The molecule has 250 valence electrons. The Labute approximate surface area is 277 Å². The number of nitrogens with one attached hydrogen (secondary N) is 1. The highest BCUT2D eigenvalue weighted by molar-refractivity contribution is 6.32. The first-order valence-corrected chi connectivity index (χ1v) is 16.6. The summed E-state index contributed by atoms with van der Waals surface area (Å²) in [4.78, 5) is 30.8. The smallest absolute Gasteiger partial charge is 0.407 e. The maximum absolute atomic E-state index is 17.1. The number of halogens is 2. The van der Waals surface area contributed by atoms with Crippen molar-refractivity contribution in [3.63, 3.8) is 0 Å². The van der Waals surface area contributed by atoms with Crippen LogP contribution in [-0.4, -0.2) is 90.7 Å². The van der Waals surface area contributed by atoms with Crippen molar-refractivity contribution in [1.29, 1.82) is 0 Å². The number of nitrogens with two attached hydrogens (primary N) is 2. The number of nitrogens with zero attached hydrogens (tertiary/aromatic N) is 5. The Morgan fingerprint density at radius 3 is 2.77 bits per heavy atom. The molecule has 4 fully saturated rings. The summed E-state index contributed by atoms with van der Waals surface area (Å²) in [6.45, 7) is 4.54. The first-order chi connectivity index (χ1) is 22.6. The number of alkyl carbamates (subject to hydrolysis) is 1. The van der Waals surface area contributed by atoms with Crippen molar-refractivity contribution in [2.75, 3.05) is 57.6 Å². The van der Waals surface area contributed by atoms with E-state index in [0.717, 1.165) is 45.1 Å². The van der Waals surface area contributed by atoms with Gasteiger partial charge >= 0.3 is 12.1 Å². The second kappa shape index (κ2) is 11.9. The highest BCUT2D eigenvalue weighted by Gasteiger charge is 2.48. The highest BCUT2D eigenvalue weighted by atomic mass is 35.5. The van der Waals surface area contributed by atoms with Crippen LogP contribution in [0.2, 0.25) is 5.02 Å². The van der Waals surface area contributed by atoms with Gasteiger partial charge in [-0.15, -0.1) is 0 Å². The number of carbonyl (C=O) groups excluding carboxylic acids is 1. The number of anilines is 2. The normalized spacial score (nSPS) is 25.9. The van der Waals surface area contributed by atoms with E-state index in [4.69, 9.17) is 46.9 Å². The minimum Gasteiger partial charge on any atom is -0.480 e. The molecule has 1 amide bonds. The van der Waals surface area contributed by atoms with Gasteiger partial charge in [0.1, 0.15) is 28.0 Å². The molecule has 7 rings (SSSR count). The van der Waals surface area contributed by atoms with Gasteiger partial charge < -0.3 is 35.1 Å². The van der Waals surface area contributed by atoms with Crippen LogP contribution in [-0.2, 0) is 4.74 Å². The lowest BCUT2D eigenvalue weighted by Crippen LogP contribution is -2.51. The average molecular weight is 668 g/mol. The summed E-state index contributed by atoms with van der Waals surface area (Å²) in [5, 5.41) is 9.40. The second-order valence-electron chi connectivity index (χ2n) is 13.5. The van der Waals surface area contributed by atoms with Crippen LogP contribution in [0.4, 0.5) is 20.7 Å². The van der Waals surface area contributed by atoms with Crippen molar-refractivity contribution >= 4 is 46.3 Å². The topological polar surface area (TPSA) is 154 Å². The summed E-state index contributed by atoms with van der Waals surface area (Å²) in [7, 11) is 3.64. The largest absolute Gasteiger partial charge is 0.480 e. The summed E-state index contributed by atoms with van der Waals surface area (Å²) in [6.07, 6.45) is 7.73. The van der Waals surface area contributed by atoms with E-state index in [9.17, 15) is 4.79 Å². The third-order valence-corrected chi connectivity index (χ3v) is 11.1. The summed E-state index contributed by atoms with van der Waals surface area (Å²) in [6, 6.07) is 2.06. The van der Waals surface area contributed by atoms with E-state index in [1.54, 1.807) is 13.0 Å². The Bertz CT molecular complexity index is 1780. The van der Waals surface area contributed by atoms with E-state index < -0.39 is 17.5 Å². The Hall–Kier alpha value is -3.97. The monoisotopic (exact) mass is 667 g/mol. The van der Waals surface area contributed by atoms with E-state index in [1.807, 2.05) is 4.90 Å². The molecule has 1 saturated carbocycles. The number of pyridine rings is 1. The fraction of sp³-hybridized carbons (Fsp3) is 0.545. The van der Waals surface area contributed by atoms with Crippen molar-refractivity contribution in [2.45, 2.75) is 63.5 Å².